The highest BCUT2D eigenvalue weighted by Crippen LogP contribution is 2.44. The number of esters is 2. The predicted octanol–water partition coefficient (Wildman–Crippen LogP) is 3.75. The Morgan fingerprint density at radius 1 is 1.00 bits per heavy atom. The van der Waals surface area contributed by atoms with Gasteiger partial charge in [-0.1, -0.05) is 28.8 Å². The lowest BCUT2D eigenvalue weighted by atomic mass is 9.75. The Balaban J connectivity index is 2.59. The van der Waals surface area contributed by atoms with E-state index in [-0.39, 0.29) is 48.3 Å². The third kappa shape index (κ3) is 5.93. The summed E-state index contributed by atoms with van der Waals surface area (Å²) in [7, 11) is 2.96. The zero-order chi connectivity index (χ0) is 23.8. The van der Waals surface area contributed by atoms with Crippen molar-refractivity contribution in [2.24, 2.45) is 0 Å². The minimum Gasteiger partial charge on any atom is -0.460 e. The third-order valence-corrected chi connectivity index (χ3v) is 5.33. The van der Waals surface area contributed by atoms with Gasteiger partial charge in [0.15, 0.2) is 0 Å². The molecule has 0 heterocycles. The molecule has 0 fully saturated rings. The molecule has 0 amide bonds. The number of allylic oxidation sites excluding steroid dienone is 2. The fourth-order valence-corrected chi connectivity index (χ4v) is 3.77. The Labute approximate surface area is 191 Å². The van der Waals surface area contributed by atoms with E-state index in [1.165, 1.54) is 26.4 Å². The second-order valence-electron chi connectivity index (χ2n) is 7.22. The summed E-state index contributed by atoms with van der Waals surface area (Å²) < 4.78 is 20.5. The van der Waals surface area contributed by atoms with Crippen LogP contribution in [0.3, 0.4) is 0 Å². The van der Waals surface area contributed by atoms with Crippen LogP contribution in [0.25, 0.3) is 0 Å². The molecule has 174 valence electrons. The van der Waals surface area contributed by atoms with Crippen LogP contribution in [0.4, 0.5) is 5.69 Å². The lowest BCUT2D eigenvalue weighted by Crippen LogP contribution is -2.27. The van der Waals surface area contributed by atoms with E-state index in [9.17, 15) is 19.7 Å². The van der Waals surface area contributed by atoms with Gasteiger partial charge in [0.25, 0.3) is 5.69 Å². The van der Waals surface area contributed by atoms with Crippen molar-refractivity contribution >= 4 is 29.2 Å². The summed E-state index contributed by atoms with van der Waals surface area (Å²) in [4.78, 5) is 36.8. The molecule has 0 aliphatic heterocycles. The van der Waals surface area contributed by atoms with Crippen molar-refractivity contribution in [1.29, 1.82) is 0 Å². The molecule has 0 atom stereocenters. The summed E-state index contributed by atoms with van der Waals surface area (Å²) in [6, 6.07) is 4.19. The molecule has 1 aromatic carbocycles. The van der Waals surface area contributed by atoms with Gasteiger partial charge < -0.3 is 18.9 Å². The molecular formula is C22H26ClNO8. The molecule has 32 heavy (non-hydrogen) atoms. The molecule has 0 bridgehead atoms. The van der Waals surface area contributed by atoms with Crippen LogP contribution in [0.15, 0.2) is 40.5 Å². The maximum Gasteiger partial charge on any atom is 0.335 e. The monoisotopic (exact) mass is 467 g/mol. The van der Waals surface area contributed by atoms with Gasteiger partial charge in [0.05, 0.1) is 18.1 Å². The van der Waals surface area contributed by atoms with E-state index in [1.807, 2.05) is 0 Å². The lowest BCUT2D eigenvalue weighted by Gasteiger charge is -2.30. The van der Waals surface area contributed by atoms with E-state index >= 15 is 0 Å². The number of nitro benzene ring substituents is 1. The number of hydrogen-bond acceptors (Lipinski definition) is 8. The van der Waals surface area contributed by atoms with Gasteiger partial charge in [0, 0.05) is 37.4 Å². The topological polar surface area (TPSA) is 114 Å². The normalized spacial score (nSPS) is 14.5. The van der Waals surface area contributed by atoms with E-state index in [4.69, 9.17) is 30.5 Å². The van der Waals surface area contributed by atoms with Gasteiger partial charge in [0.1, 0.15) is 18.2 Å². The molecule has 0 radical (unpaired) electrons. The first-order valence-corrected chi connectivity index (χ1v) is 10.3. The quantitative estimate of drug-likeness (QED) is 0.221. The average Bonchev–Trinajstić information content (AvgIpc) is 2.73. The van der Waals surface area contributed by atoms with Crippen LogP contribution in [-0.4, -0.2) is 57.5 Å². The summed E-state index contributed by atoms with van der Waals surface area (Å²) in [5, 5.41) is 11.4. The number of ether oxygens (including phenoxy) is 4. The molecule has 1 aromatic rings. The third-order valence-electron chi connectivity index (χ3n) is 5.01. The lowest BCUT2D eigenvalue weighted by molar-refractivity contribution is -0.384. The van der Waals surface area contributed by atoms with E-state index in [1.54, 1.807) is 19.9 Å². The van der Waals surface area contributed by atoms with Crippen molar-refractivity contribution in [2.45, 2.75) is 26.2 Å². The molecule has 0 saturated carbocycles. The highest BCUT2D eigenvalue weighted by atomic mass is 35.5. The summed E-state index contributed by atoms with van der Waals surface area (Å²) >= 11 is 5.98. The largest absolute Gasteiger partial charge is 0.460 e. The van der Waals surface area contributed by atoms with Gasteiger partial charge in [0.2, 0.25) is 0 Å². The molecule has 2 rings (SSSR count). The summed E-state index contributed by atoms with van der Waals surface area (Å²) in [5.41, 5.74) is 1.90. The van der Waals surface area contributed by atoms with Crippen molar-refractivity contribution in [3.63, 3.8) is 0 Å². The first-order chi connectivity index (χ1) is 15.2. The highest BCUT2D eigenvalue weighted by molar-refractivity contribution is 6.32. The Hall–Kier alpha value is -2.75. The number of carbonyl (C=O) groups is 2. The van der Waals surface area contributed by atoms with Gasteiger partial charge in [-0.15, -0.1) is 0 Å². The number of halogens is 1. The standard InChI is InChI=1S/C22H26ClNO8/c1-13-11-14(2)19(22(26)32-10-8-30-4)20(18(13)21(25)31-9-7-29-3)15-5-6-16(23)17(12-15)24(27)28/h5-6,12,20H,7-11H2,1-4H3. The van der Waals surface area contributed by atoms with Gasteiger partial charge >= 0.3 is 11.9 Å². The molecule has 0 unspecified atom stereocenters. The molecule has 10 heteroatoms. The fourth-order valence-electron chi connectivity index (χ4n) is 3.58. The van der Waals surface area contributed by atoms with Gasteiger partial charge in [-0.2, -0.15) is 0 Å². The summed E-state index contributed by atoms with van der Waals surface area (Å²) in [6.07, 6.45) is 0.357. The van der Waals surface area contributed by atoms with E-state index in [2.05, 4.69) is 0 Å². The summed E-state index contributed by atoms with van der Waals surface area (Å²) in [5.74, 6) is -2.17. The highest BCUT2D eigenvalue weighted by Gasteiger charge is 2.38. The number of nitro groups is 1. The van der Waals surface area contributed by atoms with Crippen LogP contribution in [-0.2, 0) is 28.5 Å². The second-order valence-corrected chi connectivity index (χ2v) is 7.63. The van der Waals surface area contributed by atoms with Crippen molar-refractivity contribution < 1.29 is 33.5 Å². The van der Waals surface area contributed by atoms with Crippen LogP contribution in [0.1, 0.15) is 31.7 Å². The van der Waals surface area contributed by atoms with Crippen molar-refractivity contribution in [3.8, 4) is 0 Å². The van der Waals surface area contributed by atoms with Crippen molar-refractivity contribution in [2.75, 3.05) is 40.6 Å². The molecule has 0 N–H and O–H groups in total. The van der Waals surface area contributed by atoms with Crippen molar-refractivity contribution in [1.82, 2.24) is 0 Å². The molecule has 0 aromatic heterocycles. The maximum atomic E-state index is 13.0. The van der Waals surface area contributed by atoms with Crippen LogP contribution in [0.5, 0.6) is 0 Å². The SMILES string of the molecule is COCCOC(=O)C1=C(C)CC(C)=C(C(=O)OCCOC)C1c1ccc(Cl)c([N+](=O)[O-])c1. The number of hydrogen-bond donors (Lipinski definition) is 0. The summed E-state index contributed by atoms with van der Waals surface area (Å²) in [6.45, 7) is 3.99. The zero-order valence-electron chi connectivity index (χ0n) is 18.4. The van der Waals surface area contributed by atoms with E-state index < -0.39 is 22.8 Å². The van der Waals surface area contributed by atoms with Crippen LogP contribution >= 0.6 is 11.6 Å². The average molecular weight is 468 g/mol. The van der Waals surface area contributed by atoms with E-state index in [0.717, 1.165) is 0 Å². The van der Waals surface area contributed by atoms with Gasteiger partial charge in [-0.25, -0.2) is 9.59 Å². The Morgan fingerprint density at radius 2 is 1.50 bits per heavy atom. The van der Waals surface area contributed by atoms with Crippen LogP contribution in [0, 0.1) is 10.1 Å². The molecule has 0 spiro atoms. The molecule has 1 aliphatic rings. The Kier molecular flexibility index (Phi) is 9.37. The van der Waals surface area contributed by atoms with Crippen LogP contribution < -0.4 is 0 Å². The van der Waals surface area contributed by atoms with Crippen molar-refractivity contribution in [3.05, 3.63) is 61.2 Å². The van der Waals surface area contributed by atoms with Gasteiger partial charge in [-0.3, -0.25) is 10.1 Å². The Morgan fingerprint density at radius 3 is 1.94 bits per heavy atom. The minimum atomic E-state index is -0.912. The number of carbonyl (C=O) groups excluding carboxylic acids is 2. The van der Waals surface area contributed by atoms with E-state index in [0.29, 0.717) is 23.1 Å². The second kappa shape index (κ2) is 11.8. The molecule has 1 aliphatic carbocycles. The zero-order valence-corrected chi connectivity index (χ0v) is 19.2. The molecule has 0 saturated heterocycles. The predicted molar refractivity (Wildman–Crippen MR) is 117 cm³/mol. The maximum absolute atomic E-state index is 13.0. The number of methoxy groups -OCH3 is 2. The molecule has 9 nitrogen and oxygen atoms in total. The smallest absolute Gasteiger partial charge is 0.335 e. The first-order valence-electron chi connectivity index (χ1n) is 9.88. The van der Waals surface area contributed by atoms with Gasteiger partial charge in [-0.05, 0) is 31.9 Å². The minimum absolute atomic E-state index is 0.0237. The number of benzene rings is 1. The molecular weight excluding hydrogens is 442 g/mol. The van der Waals surface area contributed by atoms with Crippen LogP contribution in [0.2, 0.25) is 5.02 Å². The fraction of sp³-hybridized carbons (Fsp3) is 0.455. The number of rotatable bonds is 10. The Bertz CT molecular complexity index is 909. The number of nitrogens with zero attached hydrogens (tertiary/aromatic N) is 1. The first kappa shape index (κ1) is 25.5.